The molecule has 14 heavy (non-hydrogen) atoms. The van der Waals surface area contributed by atoms with Crippen LogP contribution in [-0.4, -0.2) is 45.9 Å². The maximum Gasteiger partial charge on any atom is 0.0700 e. The Morgan fingerprint density at radius 3 is 2.50 bits per heavy atom. The Morgan fingerprint density at radius 1 is 1.00 bits per heavy atom. The quantitative estimate of drug-likeness (QED) is 0.344. The average Bonchev–Trinajstić information content (AvgIpc) is 2.21. The summed E-state index contributed by atoms with van der Waals surface area (Å²) in [4.78, 5) is 0. The molecule has 4 heteroatoms. The molecule has 0 atom stereocenters. The molecular formula is C10H20O3S. The van der Waals surface area contributed by atoms with E-state index in [-0.39, 0.29) is 0 Å². The zero-order valence-electron chi connectivity index (χ0n) is 8.78. The van der Waals surface area contributed by atoms with Crippen molar-refractivity contribution in [3.05, 3.63) is 12.2 Å². The second kappa shape index (κ2) is 13.0. The Kier molecular flexibility index (Phi) is 12.9. The van der Waals surface area contributed by atoms with Gasteiger partial charge in [0.05, 0.1) is 19.8 Å². The van der Waals surface area contributed by atoms with Gasteiger partial charge in [0.15, 0.2) is 0 Å². The summed E-state index contributed by atoms with van der Waals surface area (Å²) >= 11 is 4.04. The third-order valence-corrected chi connectivity index (χ3v) is 1.71. The van der Waals surface area contributed by atoms with Crippen LogP contribution in [0.15, 0.2) is 12.2 Å². The van der Waals surface area contributed by atoms with Crippen molar-refractivity contribution >= 4 is 12.6 Å². The molecule has 0 N–H and O–H groups in total. The highest BCUT2D eigenvalue weighted by molar-refractivity contribution is 7.80. The average molecular weight is 220 g/mol. The summed E-state index contributed by atoms with van der Waals surface area (Å²) < 4.78 is 15.4. The molecule has 0 fully saturated rings. The minimum atomic E-state index is 0.658. The lowest BCUT2D eigenvalue weighted by atomic mass is 10.5. The lowest BCUT2D eigenvalue weighted by molar-refractivity contribution is 0.0552. The van der Waals surface area contributed by atoms with Crippen LogP contribution in [0.5, 0.6) is 0 Å². The van der Waals surface area contributed by atoms with Crippen molar-refractivity contribution < 1.29 is 14.2 Å². The van der Waals surface area contributed by atoms with E-state index in [4.69, 9.17) is 14.2 Å². The molecule has 3 nitrogen and oxygen atoms in total. The lowest BCUT2D eigenvalue weighted by Gasteiger charge is -2.03. The van der Waals surface area contributed by atoms with E-state index >= 15 is 0 Å². The second-order valence-electron chi connectivity index (χ2n) is 2.69. The van der Waals surface area contributed by atoms with Crippen LogP contribution in [0.4, 0.5) is 0 Å². The molecule has 0 rings (SSSR count). The first-order chi connectivity index (χ1) is 6.91. The first-order valence-corrected chi connectivity index (χ1v) is 5.45. The van der Waals surface area contributed by atoms with E-state index in [1.165, 1.54) is 0 Å². The van der Waals surface area contributed by atoms with Gasteiger partial charge in [0.1, 0.15) is 0 Å². The summed E-state index contributed by atoms with van der Waals surface area (Å²) in [7, 11) is 1.67. The molecule has 84 valence electrons. The van der Waals surface area contributed by atoms with E-state index in [0.29, 0.717) is 19.8 Å². The summed E-state index contributed by atoms with van der Waals surface area (Å²) in [5.74, 6) is 0.767. The second-order valence-corrected chi connectivity index (χ2v) is 3.05. The minimum Gasteiger partial charge on any atom is -0.382 e. The number of ether oxygens (including phenoxy) is 3. The molecule has 0 bridgehead atoms. The van der Waals surface area contributed by atoms with Gasteiger partial charge >= 0.3 is 0 Å². The van der Waals surface area contributed by atoms with Crippen molar-refractivity contribution in [2.24, 2.45) is 0 Å². The van der Waals surface area contributed by atoms with Crippen LogP contribution in [0.3, 0.4) is 0 Å². The van der Waals surface area contributed by atoms with Gasteiger partial charge < -0.3 is 14.2 Å². The number of methoxy groups -OCH3 is 1. The van der Waals surface area contributed by atoms with E-state index in [0.717, 1.165) is 25.4 Å². The largest absolute Gasteiger partial charge is 0.382 e. The highest BCUT2D eigenvalue weighted by Crippen LogP contribution is 1.87. The van der Waals surface area contributed by atoms with Crippen LogP contribution in [-0.2, 0) is 14.2 Å². The van der Waals surface area contributed by atoms with Crippen molar-refractivity contribution in [2.75, 3.05) is 45.9 Å². The first kappa shape index (κ1) is 14.0. The number of thiol groups is 1. The van der Waals surface area contributed by atoms with Crippen LogP contribution in [0.25, 0.3) is 0 Å². The summed E-state index contributed by atoms with van der Waals surface area (Å²) in [5.41, 5.74) is 0. The molecule has 0 saturated carbocycles. The Hall–Kier alpha value is -0.0300. The van der Waals surface area contributed by atoms with Gasteiger partial charge in [-0.05, 0) is 6.42 Å². The molecule has 0 aromatic carbocycles. The van der Waals surface area contributed by atoms with Gasteiger partial charge in [0.25, 0.3) is 0 Å². The molecule has 0 saturated heterocycles. The molecule has 0 heterocycles. The highest BCUT2D eigenvalue weighted by atomic mass is 32.1. The molecule has 0 aliphatic rings. The summed E-state index contributed by atoms with van der Waals surface area (Å²) in [5, 5.41) is 0. The van der Waals surface area contributed by atoms with Gasteiger partial charge in [0.2, 0.25) is 0 Å². The van der Waals surface area contributed by atoms with E-state index in [2.05, 4.69) is 12.6 Å². The van der Waals surface area contributed by atoms with Gasteiger partial charge in [-0.1, -0.05) is 12.2 Å². The van der Waals surface area contributed by atoms with E-state index in [1.807, 2.05) is 12.2 Å². The molecule has 0 radical (unpaired) electrons. The molecule has 0 unspecified atom stereocenters. The van der Waals surface area contributed by atoms with Gasteiger partial charge in [-0.25, -0.2) is 0 Å². The molecule has 0 aromatic rings. The topological polar surface area (TPSA) is 27.7 Å². The predicted octanol–water partition coefficient (Wildman–Crippen LogP) is 1.54. The third-order valence-electron chi connectivity index (χ3n) is 1.50. The fourth-order valence-corrected chi connectivity index (χ4v) is 0.950. The molecule has 0 aliphatic heterocycles. The van der Waals surface area contributed by atoms with E-state index < -0.39 is 0 Å². The van der Waals surface area contributed by atoms with Gasteiger partial charge in [0, 0.05) is 26.1 Å². The van der Waals surface area contributed by atoms with Crippen LogP contribution in [0.2, 0.25) is 0 Å². The Labute approximate surface area is 91.8 Å². The smallest absolute Gasteiger partial charge is 0.0700 e. The zero-order chi connectivity index (χ0) is 10.5. The van der Waals surface area contributed by atoms with Gasteiger partial charge in [-0.2, -0.15) is 12.6 Å². The van der Waals surface area contributed by atoms with E-state index in [9.17, 15) is 0 Å². The number of hydrogen-bond acceptors (Lipinski definition) is 4. The molecule has 0 aromatic heterocycles. The first-order valence-electron chi connectivity index (χ1n) is 4.82. The Morgan fingerprint density at radius 2 is 1.79 bits per heavy atom. The lowest BCUT2D eigenvalue weighted by Crippen LogP contribution is -2.05. The maximum absolute atomic E-state index is 5.31. The fourth-order valence-electron chi connectivity index (χ4n) is 0.801. The van der Waals surface area contributed by atoms with Crippen LogP contribution in [0, 0.1) is 0 Å². The van der Waals surface area contributed by atoms with Crippen LogP contribution >= 0.6 is 12.6 Å². The minimum absolute atomic E-state index is 0.658. The predicted molar refractivity (Wildman–Crippen MR) is 61.1 cm³/mol. The van der Waals surface area contributed by atoms with Gasteiger partial charge in [-0.3, -0.25) is 0 Å². The summed E-state index contributed by atoms with van der Waals surface area (Å²) in [6, 6.07) is 0. The summed E-state index contributed by atoms with van der Waals surface area (Å²) in [6.07, 6.45) is 4.87. The van der Waals surface area contributed by atoms with Crippen LogP contribution in [0.1, 0.15) is 6.42 Å². The molecular weight excluding hydrogens is 200 g/mol. The molecule has 0 aliphatic carbocycles. The monoisotopic (exact) mass is 220 g/mol. The summed E-state index contributed by atoms with van der Waals surface area (Å²) in [6.45, 7) is 3.46. The molecule has 0 spiro atoms. The molecule has 0 amide bonds. The third kappa shape index (κ3) is 12.0. The van der Waals surface area contributed by atoms with Crippen molar-refractivity contribution in [1.82, 2.24) is 0 Å². The fraction of sp³-hybridized carbons (Fsp3) is 0.800. The highest BCUT2D eigenvalue weighted by Gasteiger charge is 1.88. The number of hydrogen-bond donors (Lipinski definition) is 1. The van der Waals surface area contributed by atoms with Crippen molar-refractivity contribution in [1.29, 1.82) is 0 Å². The normalized spacial score (nSPS) is 11.3. The van der Waals surface area contributed by atoms with E-state index in [1.54, 1.807) is 7.11 Å². The Balaban J connectivity index is 2.88. The zero-order valence-corrected chi connectivity index (χ0v) is 9.67. The number of rotatable bonds is 10. The van der Waals surface area contributed by atoms with Crippen LogP contribution < -0.4 is 0 Å². The Bertz CT molecular complexity index is 129. The van der Waals surface area contributed by atoms with Crippen molar-refractivity contribution in [3.63, 3.8) is 0 Å². The SMILES string of the molecule is COCCOCCCOC/C=C/CS. The maximum atomic E-state index is 5.31. The standard InChI is InChI=1S/C10H20O3S/c1-11-8-9-13-7-4-6-12-5-2-3-10-14/h2-3,14H,4-10H2,1H3/b3-2+. The van der Waals surface area contributed by atoms with Crippen molar-refractivity contribution in [3.8, 4) is 0 Å². The van der Waals surface area contributed by atoms with Gasteiger partial charge in [-0.15, -0.1) is 0 Å². The van der Waals surface area contributed by atoms with Crippen molar-refractivity contribution in [2.45, 2.75) is 6.42 Å².